The van der Waals surface area contributed by atoms with E-state index in [9.17, 15) is 9.59 Å². The minimum absolute atomic E-state index is 0.0938. The zero-order chi connectivity index (χ0) is 20.4. The maximum Gasteiger partial charge on any atom is 0.312 e. The number of carbonyl (C=O) groups is 2. The van der Waals surface area contributed by atoms with E-state index in [-0.39, 0.29) is 5.54 Å². The summed E-state index contributed by atoms with van der Waals surface area (Å²) in [5.41, 5.74) is 1.83. The van der Waals surface area contributed by atoms with Crippen LogP contribution < -0.4 is 5.32 Å². The first-order valence-electron chi connectivity index (χ1n) is 10.4. The molecule has 3 aliphatic heterocycles. The van der Waals surface area contributed by atoms with Gasteiger partial charge in [0.25, 0.3) is 0 Å². The van der Waals surface area contributed by atoms with Gasteiger partial charge in [-0.25, -0.2) is 0 Å². The lowest BCUT2D eigenvalue weighted by Crippen LogP contribution is -2.58. The normalized spacial score (nSPS) is 21.7. The van der Waals surface area contributed by atoms with E-state index in [1.165, 1.54) is 12.8 Å². The second kappa shape index (κ2) is 8.80. The summed E-state index contributed by atoms with van der Waals surface area (Å²) in [5.74, 6) is -1.01. The number of ether oxygens (including phenoxy) is 1. The molecule has 0 saturated carbocycles. The van der Waals surface area contributed by atoms with Crippen molar-refractivity contribution >= 4 is 35.0 Å². The van der Waals surface area contributed by atoms with Crippen molar-refractivity contribution in [1.29, 1.82) is 0 Å². The van der Waals surface area contributed by atoms with Crippen LogP contribution in [0.25, 0.3) is 0 Å². The number of carbonyl (C=O) groups excluding carboxylic acids is 2. The zero-order valence-corrected chi connectivity index (χ0v) is 18.0. The van der Waals surface area contributed by atoms with Crippen molar-refractivity contribution in [3.05, 3.63) is 33.3 Å². The Balaban J connectivity index is 1.39. The molecule has 1 N–H and O–H groups in total. The van der Waals surface area contributed by atoms with Gasteiger partial charge in [-0.05, 0) is 62.4 Å². The minimum atomic E-state index is -0.529. The van der Waals surface area contributed by atoms with Gasteiger partial charge >= 0.3 is 11.8 Å². The molecule has 2 amide bonds. The summed E-state index contributed by atoms with van der Waals surface area (Å²) in [5, 5.41) is 4.01. The lowest BCUT2D eigenvalue weighted by atomic mass is 9.88. The summed E-state index contributed by atoms with van der Waals surface area (Å²) >= 11 is 12.4. The predicted molar refractivity (Wildman–Crippen MR) is 112 cm³/mol. The van der Waals surface area contributed by atoms with Crippen molar-refractivity contribution in [2.24, 2.45) is 0 Å². The molecule has 0 spiro atoms. The van der Waals surface area contributed by atoms with Crippen LogP contribution in [0.3, 0.4) is 0 Å². The van der Waals surface area contributed by atoms with Crippen LogP contribution >= 0.6 is 23.2 Å². The van der Waals surface area contributed by atoms with E-state index < -0.39 is 11.8 Å². The molecule has 158 valence electrons. The highest BCUT2D eigenvalue weighted by molar-refractivity contribution is 6.42. The zero-order valence-electron chi connectivity index (χ0n) is 16.5. The summed E-state index contributed by atoms with van der Waals surface area (Å²) in [6, 6.07) is 3.62. The van der Waals surface area contributed by atoms with Crippen molar-refractivity contribution in [2.45, 2.75) is 44.2 Å². The molecule has 0 bridgehead atoms. The Labute approximate surface area is 181 Å². The number of likely N-dealkylation sites (tertiary alicyclic amines) is 1. The lowest BCUT2D eigenvalue weighted by molar-refractivity contribution is -0.147. The third-order valence-corrected chi connectivity index (χ3v) is 7.39. The first-order valence-corrected chi connectivity index (χ1v) is 11.1. The van der Waals surface area contributed by atoms with Gasteiger partial charge in [-0.2, -0.15) is 0 Å². The first kappa shape index (κ1) is 20.9. The van der Waals surface area contributed by atoms with Gasteiger partial charge in [0.2, 0.25) is 0 Å². The fourth-order valence-electron chi connectivity index (χ4n) is 4.77. The number of nitrogens with zero attached hydrogens (tertiary/aromatic N) is 2. The topological polar surface area (TPSA) is 61.9 Å². The van der Waals surface area contributed by atoms with Gasteiger partial charge in [-0.3, -0.25) is 14.5 Å². The molecule has 4 rings (SSSR count). The molecule has 0 unspecified atom stereocenters. The fourth-order valence-corrected chi connectivity index (χ4v) is 5.22. The molecule has 3 aliphatic rings. The summed E-state index contributed by atoms with van der Waals surface area (Å²) in [4.78, 5) is 29.5. The second-order valence-electron chi connectivity index (χ2n) is 8.19. The molecule has 0 atom stereocenters. The van der Waals surface area contributed by atoms with Gasteiger partial charge in [0.15, 0.2) is 0 Å². The highest BCUT2D eigenvalue weighted by atomic mass is 35.5. The number of benzene rings is 1. The number of rotatable bonds is 3. The van der Waals surface area contributed by atoms with Gasteiger partial charge in [-0.1, -0.05) is 29.3 Å². The van der Waals surface area contributed by atoms with Gasteiger partial charge in [0, 0.05) is 38.4 Å². The quantitative estimate of drug-likeness (QED) is 0.735. The second-order valence-corrected chi connectivity index (χ2v) is 8.97. The van der Waals surface area contributed by atoms with Gasteiger partial charge < -0.3 is 15.0 Å². The Morgan fingerprint density at radius 2 is 1.83 bits per heavy atom. The highest BCUT2D eigenvalue weighted by Gasteiger charge is 2.40. The Hall–Kier alpha value is -1.34. The predicted octanol–water partition coefficient (Wildman–Crippen LogP) is 2.64. The van der Waals surface area contributed by atoms with Crippen molar-refractivity contribution in [3.8, 4) is 0 Å². The Bertz CT molecular complexity index is 790. The van der Waals surface area contributed by atoms with Crippen LogP contribution in [0, 0.1) is 0 Å². The van der Waals surface area contributed by atoms with Crippen molar-refractivity contribution < 1.29 is 14.3 Å². The smallest absolute Gasteiger partial charge is 0.312 e. The Kier molecular flexibility index (Phi) is 6.35. The van der Waals surface area contributed by atoms with E-state index in [0.29, 0.717) is 49.3 Å². The summed E-state index contributed by atoms with van der Waals surface area (Å²) in [7, 11) is 0. The monoisotopic (exact) mass is 439 g/mol. The Morgan fingerprint density at radius 1 is 1.10 bits per heavy atom. The molecule has 6 nitrogen and oxygen atoms in total. The van der Waals surface area contributed by atoms with E-state index in [2.05, 4.69) is 10.2 Å². The fraction of sp³-hybridized carbons (Fsp3) is 0.619. The van der Waals surface area contributed by atoms with Crippen LogP contribution in [-0.4, -0.2) is 66.5 Å². The first-order chi connectivity index (χ1) is 14.0. The van der Waals surface area contributed by atoms with Crippen molar-refractivity contribution in [2.75, 3.05) is 39.4 Å². The van der Waals surface area contributed by atoms with Crippen LogP contribution in [0.5, 0.6) is 0 Å². The highest BCUT2D eigenvalue weighted by Crippen LogP contribution is 2.33. The van der Waals surface area contributed by atoms with Gasteiger partial charge in [0.05, 0.1) is 10.0 Å². The number of fused-ring (bicyclic) bond motifs is 1. The summed E-state index contributed by atoms with van der Waals surface area (Å²) in [6.45, 7) is 4.84. The van der Waals surface area contributed by atoms with Crippen LogP contribution in [-0.2, 0) is 27.3 Å². The molecule has 8 heteroatoms. The lowest BCUT2D eigenvalue weighted by Gasteiger charge is -2.44. The molecule has 2 fully saturated rings. The number of amides is 2. The standard InChI is InChI=1S/C21H27Cl2N3O3/c22-17-4-3-15-13-25(10-5-16(15)18(17)23)20(28)19(27)24-14-21(6-11-29-12-7-21)26-8-1-2-9-26/h3-4H,1-2,5-14H2,(H,24,27). The van der Waals surface area contributed by atoms with E-state index >= 15 is 0 Å². The largest absolute Gasteiger partial charge is 0.381 e. The molecular weight excluding hydrogens is 413 g/mol. The molecule has 3 heterocycles. The molecule has 0 aliphatic carbocycles. The molecule has 1 aromatic carbocycles. The minimum Gasteiger partial charge on any atom is -0.381 e. The molecular formula is C21H27Cl2N3O3. The average molecular weight is 440 g/mol. The van der Waals surface area contributed by atoms with Crippen LogP contribution in [0.1, 0.15) is 36.8 Å². The maximum absolute atomic E-state index is 12.8. The number of halogens is 2. The molecule has 0 radical (unpaired) electrons. The van der Waals surface area contributed by atoms with Crippen LogP contribution in [0.15, 0.2) is 12.1 Å². The molecule has 29 heavy (non-hydrogen) atoms. The average Bonchev–Trinajstić information content (AvgIpc) is 3.30. The van der Waals surface area contributed by atoms with Gasteiger partial charge in [-0.15, -0.1) is 0 Å². The van der Waals surface area contributed by atoms with E-state index in [1.54, 1.807) is 11.0 Å². The SMILES string of the molecule is O=C(NCC1(N2CCCC2)CCOCC1)C(=O)N1CCc2c(ccc(Cl)c2Cl)C1. The van der Waals surface area contributed by atoms with Gasteiger partial charge in [0.1, 0.15) is 0 Å². The Morgan fingerprint density at radius 3 is 2.55 bits per heavy atom. The van der Waals surface area contributed by atoms with E-state index in [0.717, 1.165) is 37.1 Å². The van der Waals surface area contributed by atoms with Crippen LogP contribution in [0.2, 0.25) is 10.0 Å². The molecule has 2 saturated heterocycles. The van der Waals surface area contributed by atoms with E-state index in [4.69, 9.17) is 27.9 Å². The maximum atomic E-state index is 12.8. The van der Waals surface area contributed by atoms with Crippen molar-refractivity contribution in [3.63, 3.8) is 0 Å². The number of nitrogens with one attached hydrogen (secondary N) is 1. The van der Waals surface area contributed by atoms with Crippen molar-refractivity contribution in [1.82, 2.24) is 15.1 Å². The molecule has 1 aromatic rings. The van der Waals surface area contributed by atoms with Crippen LogP contribution in [0.4, 0.5) is 0 Å². The van der Waals surface area contributed by atoms with E-state index in [1.807, 2.05) is 6.07 Å². The third-order valence-electron chi connectivity index (χ3n) is 6.55. The third kappa shape index (κ3) is 4.26. The molecule has 0 aromatic heterocycles. The summed E-state index contributed by atoms with van der Waals surface area (Å²) in [6.07, 6.45) is 4.75. The summed E-state index contributed by atoms with van der Waals surface area (Å²) < 4.78 is 5.55. The number of hydrogen-bond donors (Lipinski definition) is 1. The number of hydrogen-bond acceptors (Lipinski definition) is 4.